The summed E-state index contributed by atoms with van der Waals surface area (Å²) >= 11 is 0. The number of rotatable bonds is 0. The molecule has 56 valence electrons. The van der Waals surface area contributed by atoms with E-state index in [0.717, 1.165) is 6.54 Å². The molecule has 0 atom stereocenters. The first-order valence-electron chi connectivity index (χ1n) is 4.25. The van der Waals surface area contributed by atoms with Gasteiger partial charge in [0.15, 0.2) is 0 Å². The van der Waals surface area contributed by atoms with Crippen molar-refractivity contribution in [3.63, 3.8) is 0 Å². The van der Waals surface area contributed by atoms with Gasteiger partial charge in [-0.25, -0.2) is 0 Å². The average Bonchev–Trinajstić information content (AvgIpc) is 2.76. The van der Waals surface area contributed by atoms with Gasteiger partial charge < -0.3 is 4.90 Å². The van der Waals surface area contributed by atoms with Crippen LogP contribution in [0.25, 0.3) is 0 Å². The summed E-state index contributed by atoms with van der Waals surface area (Å²) in [4.78, 5) is 6.91. The monoisotopic (exact) mass is 138 g/mol. The normalized spacial score (nSPS) is 25.6. The first kappa shape index (κ1) is 6.20. The standard InChI is InChI=1S/C8H14N2/c1-2-4-8(9-5-3-1)10-6-7-10/h1-7H2. The number of nitrogens with zero attached hydrogens (tertiary/aromatic N) is 2. The second-order valence-electron chi connectivity index (χ2n) is 3.10. The van der Waals surface area contributed by atoms with Gasteiger partial charge in [-0.15, -0.1) is 0 Å². The molecule has 0 aromatic heterocycles. The fourth-order valence-corrected chi connectivity index (χ4v) is 1.43. The van der Waals surface area contributed by atoms with Crippen molar-refractivity contribution in [3.05, 3.63) is 0 Å². The molecule has 0 aromatic rings. The smallest absolute Gasteiger partial charge is 0.0990 e. The highest BCUT2D eigenvalue weighted by Gasteiger charge is 2.21. The second kappa shape index (κ2) is 2.60. The third-order valence-electron chi connectivity index (χ3n) is 2.17. The van der Waals surface area contributed by atoms with Crippen LogP contribution in [-0.2, 0) is 0 Å². The minimum atomic E-state index is 1.08. The second-order valence-corrected chi connectivity index (χ2v) is 3.10. The molecule has 0 unspecified atom stereocenters. The Morgan fingerprint density at radius 1 is 1.10 bits per heavy atom. The first-order chi connectivity index (χ1) is 4.97. The van der Waals surface area contributed by atoms with Crippen LogP contribution in [0.4, 0.5) is 0 Å². The zero-order chi connectivity index (χ0) is 6.81. The molecular formula is C8H14N2. The molecule has 1 fully saturated rings. The Morgan fingerprint density at radius 2 is 2.00 bits per heavy atom. The van der Waals surface area contributed by atoms with Gasteiger partial charge in [-0.3, -0.25) is 4.99 Å². The number of hydrogen-bond acceptors (Lipinski definition) is 2. The van der Waals surface area contributed by atoms with Crippen LogP contribution in [0, 0.1) is 0 Å². The fraction of sp³-hybridized carbons (Fsp3) is 0.875. The maximum absolute atomic E-state index is 4.53. The summed E-state index contributed by atoms with van der Waals surface area (Å²) in [6, 6.07) is 0. The Kier molecular flexibility index (Phi) is 1.61. The van der Waals surface area contributed by atoms with Gasteiger partial charge in [0.2, 0.25) is 0 Å². The number of hydrogen-bond donors (Lipinski definition) is 0. The van der Waals surface area contributed by atoms with E-state index in [1.807, 2.05) is 0 Å². The predicted octanol–water partition coefficient (Wildman–Crippen LogP) is 1.27. The fourth-order valence-electron chi connectivity index (χ4n) is 1.43. The molecule has 2 aliphatic heterocycles. The molecule has 10 heavy (non-hydrogen) atoms. The minimum Gasteiger partial charge on any atom is -0.357 e. The van der Waals surface area contributed by atoms with Crippen LogP contribution in [0.5, 0.6) is 0 Å². The molecule has 2 heteroatoms. The topological polar surface area (TPSA) is 15.4 Å². The molecule has 0 saturated carbocycles. The molecule has 2 heterocycles. The van der Waals surface area contributed by atoms with Crippen molar-refractivity contribution in [1.82, 2.24) is 4.90 Å². The highest BCUT2D eigenvalue weighted by Crippen LogP contribution is 2.14. The van der Waals surface area contributed by atoms with Gasteiger partial charge in [0.1, 0.15) is 0 Å². The zero-order valence-electron chi connectivity index (χ0n) is 6.34. The van der Waals surface area contributed by atoms with E-state index in [-0.39, 0.29) is 0 Å². The number of amidine groups is 1. The summed E-state index contributed by atoms with van der Waals surface area (Å²) in [5.74, 6) is 1.39. The molecule has 2 rings (SSSR count). The van der Waals surface area contributed by atoms with Crippen LogP contribution < -0.4 is 0 Å². The Labute approximate surface area is 61.9 Å². The molecule has 0 bridgehead atoms. The van der Waals surface area contributed by atoms with Crippen LogP contribution >= 0.6 is 0 Å². The van der Waals surface area contributed by atoms with E-state index in [1.54, 1.807) is 0 Å². The Hall–Kier alpha value is -0.530. The Morgan fingerprint density at radius 3 is 2.80 bits per heavy atom. The van der Waals surface area contributed by atoms with E-state index in [1.165, 1.54) is 44.6 Å². The quantitative estimate of drug-likeness (QED) is 0.460. The molecule has 0 radical (unpaired) electrons. The third-order valence-corrected chi connectivity index (χ3v) is 2.17. The van der Waals surface area contributed by atoms with Gasteiger partial charge >= 0.3 is 0 Å². The molecule has 0 N–H and O–H groups in total. The molecule has 1 saturated heterocycles. The molecular weight excluding hydrogens is 124 g/mol. The van der Waals surface area contributed by atoms with Gasteiger partial charge in [0, 0.05) is 26.1 Å². The van der Waals surface area contributed by atoms with Crippen molar-refractivity contribution in [2.24, 2.45) is 4.99 Å². The lowest BCUT2D eigenvalue weighted by molar-refractivity contribution is 0.721. The van der Waals surface area contributed by atoms with Crippen molar-refractivity contribution in [3.8, 4) is 0 Å². The van der Waals surface area contributed by atoms with E-state index in [4.69, 9.17) is 0 Å². The van der Waals surface area contributed by atoms with Gasteiger partial charge in [0.05, 0.1) is 5.84 Å². The third kappa shape index (κ3) is 1.31. The van der Waals surface area contributed by atoms with Crippen LogP contribution in [-0.4, -0.2) is 30.4 Å². The lowest BCUT2D eigenvalue weighted by Gasteiger charge is -2.02. The number of aliphatic imine (C=N–C) groups is 1. The van der Waals surface area contributed by atoms with Gasteiger partial charge in [-0.1, -0.05) is 6.42 Å². The maximum Gasteiger partial charge on any atom is 0.0990 e. The minimum absolute atomic E-state index is 1.08. The summed E-state index contributed by atoms with van der Waals surface area (Å²) < 4.78 is 0. The summed E-state index contributed by atoms with van der Waals surface area (Å²) in [5, 5.41) is 0. The Balaban J connectivity index is 1.95. The molecule has 0 spiro atoms. The van der Waals surface area contributed by atoms with E-state index in [9.17, 15) is 0 Å². The van der Waals surface area contributed by atoms with Gasteiger partial charge in [-0.05, 0) is 12.8 Å². The van der Waals surface area contributed by atoms with E-state index in [0.29, 0.717) is 0 Å². The largest absolute Gasteiger partial charge is 0.357 e. The van der Waals surface area contributed by atoms with E-state index < -0.39 is 0 Å². The predicted molar refractivity (Wildman–Crippen MR) is 42.3 cm³/mol. The highest BCUT2D eigenvalue weighted by molar-refractivity contribution is 5.84. The molecule has 2 nitrogen and oxygen atoms in total. The lowest BCUT2D eigenvalue weighted by Crippen LogP contribution is -2.09. The SMILES string of the molecule is C1CCN=C(N2CC2)CC1. The molecule has 0 aliphatic carbocycles. The Bertz CT molecular complexity index is 147. The molecule has 0 amide bonds. The summed E-state index contributed by atoms with van der Waals surface area (Å²) in [5.41, 5.74) is 0. The molecule has 0 aromatic carbocycles. The van der Waals surface area contributed by atoms with Crippen molar-refractivity contribution >= 4 is 5.84 Å². The first-order valence-corrected chi connectivity index (χ1v) is 4.25. The van der Waals surface area contributed by atoms with Crippen LogP contribution in [0.2, 0.25) is 0 Å². The van der Waals surface area contributed by atoms with Crippen molar-refractivity contribution < 1.29 is 0 Å². The van der Waals surface area contributed by atoms with Crippen molar-refractivity contribution in [2.75, 3.05) is 19.6 Å². The summed E-state index contributed by atoms with van der Waals surface area (Å²) in [6.45, 7) is 3.60. The van der Waals surface area contributed by atoms with Crippen LogP contribution in [0.3, 0.4) is 0 Å². The van der Waals surface area contributed by atoms with E-state index >= 15 is 0 Å². The van der Waals surface area contributed by atoms with E-state index in [2.05, 4.69) is 9.89 Å². The van der Waals surface area contributed by atoms with Crippen molar-refractivity contribution in [1.29, 1.82) is 0 Å². The zero-order valence-corrected chi connectivity index (χ0v) is 6.34. The lowest BCUT2D eigenvalue weighted by atomic mass is 10.2. The average molecular weight is 138 g/mol. The van der Waals surface area contributed by atoms with Gasteiger partial charge in [-0.2, -0.15) is 0 Å². The summed E-state index contributed by atoms with van der Waals surface area (Å²) in [6.07, 6.45) is 5.27. The van der Waals surface area contributed by atoms with Crippen LogP contribution in [0.1, 0.15) is 25.7 Å². The summed E-state index contributed by atoms with van der Waals surface area (Å²) in [7, 11) is 0. The van der Waals surface area contributed by atoms with Gasteiger partial charge in [0.25, 0.3) is 0 Å². The van der Waals surface area contributed by atoms with Crippen molar-refractivity contribution in [2.45, 2.75) is 25.7 Å². The molecule has 2 aliphatic rings. The highest BCUT2D eigenvalue weighted by atomic mass is 15.3. The van der Waals surface area contributed by atoms with Crippen LogP contribution in [0.15, 0.2) is 4.99 Å². The maximum atomic E-state index is 4.53.